The summed E-state index contributed by atoms with van der Waals surface area (Å²) < 4.78 is 31.4. The maximum atomic E-state index is 12.6. The Morgan fingerprint density at radius 3 is 2.56 bits per heavy atom. The van der Waals surface area contributed by atoms with Gasteiger partial charge in [-0.2, -0.15) is 4.31 Å². The van der Waals surface area contributed by atoms with Crippen LogP contribution in [0.5, 0.6) is 0 Å². The Balaban J connectivity index is 1.57. The molecule has 2 aromatic heterocycles. The second kappa shape index (κ2) is 7.89. The zero-order chi connectivity index (χ0) is 19.4. The molecule has 1 atom stereocenters. The molecule has 3 rings (SSSR count). The fraction of sp³-hybridized carbons (Fsp3) is 0.353. The van der Waals surface area contributed by atoms with E-state index in [-0.39, 0.29) is 37.0 Å². The lowest BCUT2D eigenvalue weighted by atomic mass is 10.2. The quantitative estimate of drug-likeness (QED) is 0.784. The standard InChI is InChI=1S/C17H20N4O5S/c1-13(19-16(22)14-4-10-26-12-14)17(23)20-6-8-21(9-7-20)27(24,25)15-3-2-5-18-11-15/h2-5,10-13H,6-9H2,1H3,(H,19,22). The summed E-state index contributed by atoms with van der Waals surface area (Å²) in [7, 11) is -3.63. The molecule has 1 aliphatic rings. The van der Waals surface area contributed by atoms with E-state index in [1.54, 1.807) is 17.9 Å². The molecule has 144 valence electrons. The third kappa shape index (κ3) is 4.17. The number of amides is 2. The molecule has 9 nitrogen and oxygen atoms in total. The molecule has 1 aliphatic heterocycles. The van der Waals surface area contributed by atoms with Crippen LogP contribution in [0, 0.1) is 0 Å². The van der Waals surface area contributed by atoms with Gasteiger partial charge in [-0.15, -0.1) is 0 Å². The van der Waals surface area contributed by atoms with Crippen molar-refractivity contribution in [3.05, 3.63) is 48.7 Å². The van der Waals surface area contributed by atoms with Crippen molar-refractivity contribution in [3.8, 4) is 0 Å². The molecule has 1 fully saturated rings. The number of piperazine rings is 1. The maximum absolute atomic E-state index is 12.6. The fourth-order valence-electron chi connectivity index (χ4n) is 2.81. The van der Waals surface area contributed by atoms with Gasteiger partial charge in [0.25, 0.3) is 5.91 Å². The molecule has 1 saturated heterocycles. The molecule has 0 saturated carbocycles. The number of hydrogen-bond donors (Lipinski definition) is 1. The van der Waals surface area contributed by atoms with Gasteiger partial charge >= 0.3 is 0 Å². The van der Waals surface area contributed by atoms with Crippen LogP contribution in [0.25, 0.3) is 0 Å². The van der Waals surface area contributed by atoms with Crippen LogP contribution in [0.1, 0.15) is 17.3 Å². The monoisotopic (exact) mass is 392 g/mol. The molecule has 0 aliphatic carbocycles. The van der Waals surface area contributed by atoms with Gasteiger partial charge in [0.1, 0.15) is 17.2 Å². The van der Waals surface area contributed by atoms with Gasteiger partial charge in [-0.3, -0.25) is 14.6 Å². The molecule has 2 aromatic rings. The Hall–Kier alpha value is -2.72. The Morgan fingerprint density at radius 2 is 1.96 bits per heavy atom. The van der Waals surface area contributed by atoms with Crippen LogP contribution in [0.3, 0.4) is 0 Å². The third-order valence-corrected chi connectivity index (χ3v) is 6.21. The van der Waals surface area contributed by atoms with Crippen molar-refractivity contribution < 1.29 is 22.4 Å². The smallest absolute Gasteiger partial charge is 0.255 e. The summed E-state index contributed by atoms with van der Waals surface area (Å²) in [5.41, 5.74) is 0.335. The Bertz CT molecular complexity index is 891. The average molecular weight is 392 g/mol. The summed E-state index contributed by atoms with van der Waals surface area (Å²) in [4.78, 5) is 30.1. The molecular weight excluding hydrogens is 372 g/mol. The van der Waals surface area contributed by atoms with Gasteiger partial charge in [0.05, 0.1) is 11.8 Å². The Kier molecular flexibility index (Phi) is 5.57. The van der Waals surface area contributed by atoms with Crippen molar-refractivity contribution in [3.63, 3.8) is 0 Å². The summed E-state index contributed by atoms with van der Waals surface area (Å²) >= 11 is 0. The Morgan fingerprint density at radius 1 is 1.22 bits per heavy atom. The number of aromatic nitrogens is 1. The van der Waals surface area contributed by atoms with E-state index < -0.39 is 22.0 Å². The van der Waals surface area contributed by atoms with Gasteiger partial charge < -0.3 is 14.6 Å². The van der Waals surface area contributed by atoms with E-state index in [0.29, 0.717) is 5.56 Å². The zero-order valence-corrected chi connectivity index (χ0v) is 15.6. The van der Waals surface area contributed by atoms with Crippen molar-refractivity contribution in [2.24, 2.45) is 0 Å². The van der Waals surface area contributed by atoms with Crippen molar-refractivity contribution in [1.29, 1.82) is 0 Å². The lowest BCUT2D eigenvalue weighted by molar-refractivity contribution is -0.134. The predicted molar refractivity (Wildman–Crippen MR) is 95.2 cm³/mol. The molecular formula is C17H20N4O5S. The molecule has 0 aromatic carbocycles. The van der Waals surface area contributed by atoms with Crippen LogP contribution in [-0.4, -0.2) is 66.6 Å². The molecule has 0 radical (unpaired) electrons. The first-order valence-electron chi connectivity index (χ1n) is 8.41. The van der Waals surface area contributed by atoms with Crippen molar-refractivity contribution >= 4 is 21.8 Å². The summed E-state index contributed by atoms with van der Waals surface area (Å²) in [6.07, 6.45) is 5.49. The van der Waals surface area contributed by atoms with Crippen LogP contribution in [-0.2, 0) is 14.8 Å². The minimum Gasteiger partial charge on any atom is -0.472 e. The van der Waals surface area contributed by atoms with Gasteiger partial charge in [-0.25, -0.2) is 8.42 Å². The predicted octanol–water partition coefficient (Wildman–Crippen LogP) is 0.326. The van der Waals surface area contributed by atoms with Gasteiger partial charge in [-0.05, 0) is 25.1 Å². The molecule has 27 heavy (non-hydrogen) atoms. The first kappa shape index (κ1) is 19.1. The number of rotatable bonds is 5. The van der Waals surface area contributed by atoms with E-state index in [1.807, 2.05) is 0 Å². The van der Waals surface area contributed by atoms with Crippen molar-refractivity contribution in [2.75, 3.05) is 26.2 Å². The topological polar surface area (TPSA) is 113 Å². The van der Waals surface area contributed by atoms with Crippen LogP contribution >= 0.6 is 0 Å². The first-order chi connectivity index (χ1) is 12.9. The van der Waals surface area contributed by atoms with Crippen LogP contribution in [0.15, 0.2) is 52.4 Å². The van der Waals surface area contributed by atoms with Gasteiger partial charge in [0.2, 0.25) is 15.9 Å². The molecule has 0 spiro atoms. The van der Waals surface area contributed by atoms with E-state index in [0.717, 1.165) is 0 Å². The number of pyridine rings is 1. The summed E-state index contributed by atoms with van der Waals surface area (Å²) in [6, 6.07) is 3.84. The summed E-state index contributed by atoms with van der Waals surface area (Å²) in [5, 5.41) is 2.62. The number of nitrogens with zero attached hydrogens (tertiary/aromatic N) is 3. The van der Waals surface area contributed by atoms with Crippen LogP contribution < -0.4 is 5.32 Å². The highest BCUT2D eigenvalue weighted by molar-refractivity contribution is 7.89. The van der Waals surface area contributed by atoms with E-state index in [2.05, 4.69) is 10.3 Å². The molecule has 3 heterocycles. The highest BCUT2D eigenvalue weighted by atomic mass is 32.2. The lowest BCUT2D eigenvalue weighted by Gasteiger charge is -2.35. The number of nitrogens with one attached hydrogen (secondary N) is 1. The second-order valence-corrected chi connectivity index (χ2v) is 8.06. The van der Waals surface area contributed by atoms with Crippen LogP contribution in [0.2, 0.25) is 0 Å². The molecule has 1 unspecified atom stereocenters. The fourth-order valence-corrected chi connectivity index (χ4v) is 4.19. The number of carbonyl (C=O) groups is 2. The molecule has 10 heteroatoms. The zero-order valence-electron chi connectivity index (χ0n) is 14.7. The van der Waals surface area contributed by atoms with E-state index in [9.17, 15) is 18.0 Å². The minimum absolute atomic E-state index is 0.130. The Labute approximate surface area is 157 Å². The van der Waals surface area contributed by atoms with E-state index in [1.165, 1.54) is 41.4 Å². The summed E-state index contributed by atoms with van der Waals surface area (Å²) in [6.45, 7) is 2.48. The molecule has 2 amide bonds. The second-order valence-electron chi connectivity index (χ2n) is 6.13. The normalized spacial score (nSPS) is 16.7. The number of furan rings is 1. The van der Waals surface area contributed by atoms with Gasteiger partial charge in [0, 0.05) is 38.6 Å². The summed E-state index contributed by atoms with van der Waals surface area (Å²) in [5.74, 6) is -0.660. The number of sulfonamides is 1. The van der Waals surface area contributed by atoms with Crippen LogP contribution in [0.4, 0.5) is 0 Å². The molecule has 1 N–H and O–H groups in total. The van der Waals surface area contributed by atoms with Gasteiger partial charge in [0.15, 0.2) is 0 Å². The third-order valence-electron chi connectivity index (χ3n) is 4.32. The highest BCUT2D eigenvalue weighted by Gasteiger charge is 2.32. The van der Waals surface area contributed by atoms with E-state index in [4.69, 9.17) is 4.42 Å². The largest absolute Gasteiger partial charge is 0.472 e. The maximum Gasteiger partial charge on any atom is 0.255 e. The number of hydrogen-bond acceptors (Lipinski definition) is 6. The minimum atomic E-state index is -3.63. The lowest BCUT2D eigenvalue weighted by Crippen LogP contribution is -2.55. The van der Waals surface area contributed by atoms with Crippen molar-refractivity contribution in [2.45, 2.75) is 17.9 Å². The van der Waals surface area contributed by atoms with E-state index >= 15 is 0 Å². The number of carbonyl (C=O) groups excluding carboxylic acids is 2. The average Bonchev–Trinajstić information content (AvgIpc) is 3.23. The first-order valence-corrected chi connectivity index (χ1v) is 9.85. The highest BCUT2D eigenvalue weighted by Crippen LogP contribution is 2.16. The SMILES string of the molecule is CC(NC(=O)c1ccoc1)C(=O)N1CCN(S(=O)(=O)c2cccnc2)CC1. The van der Waals surface area contributed by atoms with Crippen molar-refractivity contribution in [1.82, 2.24) is 19.5 Å². The molecule has 0 bridgehead atoms. The van der Waals surface area contributed by atoms with Gasteiger partial charge in [-0.1, -0.05) is 0 Å².